The Kier molecular flexibility index (Phi) is 4.58. The van der Waals surface area contributed by atoms with E-state index in [4.69, 9.17) is 0 Å². The predicted octanol–water partition coefficient (Wildman–Crippen LogP) is 2.56. The standard InChI is InChI=1S/C15H23N3OS/c1-12-9-13(20-15(2,3)4)10-16-14(12)18-7-5-17(11-19)6-8-18/h9-11H,5-8H2,1-4H3. The van der Waals surface area contributed by atoms with Crippen LogP contribution in [-0.4, -0.2) is 47.2 Å². The van der Waals surface area contributed by atoms with Crippen LogP contribution in [0.3, 0.4) is 0 Å². The number of piperazine rings is 1. The normalized spacial score (nSPS) is 16.4. The van der Waals surface area contributed by atoms with Crippen LogP contribution in [0, 0.1) is 6.92 Å². The van der Waals surface area contributed by atoms with E-state index in [1.54, 1.807) is 0 Å². The first kappa shape index (κ1) is 15.2. The summed E-state index contributed by atoms with van der Waals surface area (Å²) in [4.78, 5) is 20.7. The molecule has 0 spiro atoms. The maximum absolute atomic E-state index is 10.7. The lowest BCUT2D eigenvalue weighted by Gasteiger charge is -2.34. The van der Waals surface area contributed by atoms with Crippen molar-refractivity contribution in [2.75, 3.05) is 31.1 Å². The number of aromatic nitrogens is 1. The predicted molar refractivity (Wildman–Crippen MR) is 84.4 cm³/mol. The highest BCUT2D eigenvalue weighted by atomic mass is 32.2. The monoisotopic (exact) mass is 293 g/mol. The van der Waals surface area contributed by atoms with E-state index in [9.17, 15) is 4.79 Å². The molecule has 5 heteroatoms. The Balaban J connectivity index is 2.08. The average molecular weight is 293 g/mol. The molecule has 0 radical (unpaired) electrons. The van der Waals surface area contributed by atoms with Gasteiger partial charge < -0.3 is 9.80 Å². The van der Waals surface area contributed by atoms with Crippen LogP contribution >= 0.6 is 11.8 Å². The molecule has 4 nitrogen and oxygen atoms in total. The van der Waals surface area contributed by atoms with Crippen molar-refractivity contribution in [1.82, 2.24) is 9.88 Å². The molecule has 0 unspecified atom stereocenters. The fourth-order valence-corrected chi connectivity index (χ4v) is 3.37. The van der Waals surface area contributed by atoms with Crippen molar-refractivity contribution in [2.45, 2.75) is 37.3 Å². The van der Waals surface area contributed by atoms with Crippen LogP contribution in [0.2, 0.25) is 0 Å². The molecule has 0 N–H and O–H groups in total. The molecule has 1 amide bonds. The Morgan fingerprint density at radius 3 is 2.40 bits per heavy atom. The van der Waals surface area contributed by atoms with E-state index < -0.39 is 0 Å². The zero-order chi connectivity index (χ0) is 14.8. The minimum Gasteiger partial charge on any atom is -0.353 e. The van der Waals surface area contributed by atoms with Crippen LogP contribution < -0.4 is 4.90 Å². The van der Waals surface area contributed by atoms with Gasteiger partial charge in [-0.2, -0.15) is 0 Å². The van der Waals surface area contributed by atoms with Crippen LogP contribution in [0.1, 0.15) is 26.3 Å². The van der Waals surface area contributed by atoms with Gasteiger partial charge in [0.1, 0.15) is 5.82 Å². The molecule has 1 aliphatic heterocycles. The van der Waals surface area contributed by atoms with E-state index in [1.165, 1.54) is 10.5 Å². The summed E-state index contributed by atoms with van der Waals surface area (Å²) in [5.41, 5.74) is 1.21. The number of anilines is 1. The number of hydrogen-bond acceptors (Lipinski definition) is 4. The summed E-state index contributed by atoms with van der Waals surface area (Å²) < 4.78 is 0.200. The molecule has 0 atom stereocenters. The number of nitrogens with zero attached hydrogens (tertiary/aromatic N) is 3. The third-order valence-electron chi connectivity index (χ3n) is 3.21. The molecule has 1 aromatic rings. The van der Waals surface area contributed by atoms with Crippen LogP contribution in [0.15, 0.2) is 17.2 Å². The Labute approximate surface area is 125 Å². The highest BCUT2D eigenvalue weighted by molar-refractivity contribution is 8.00. The van der Waals surface area contributed by atoms with Crippen LogP contribution in [0.25, 0.3) is 0 Å². The van der Waals surface area contributed by atoms with E-state index in [-0.39, 0.29) is 4.75 Å². The van der Waals surface area contributed by atoms with Gasteiger partial charge in [0.05, 0.1) is 0 Å². The van der Waals surface area contributed by atoms with Crippen molar-refractivity contribution >= 4 is 24.0 Å². The Morgan fingerprint density at radius 1 is 1.25 bits per heavy atom. The zero-order valence-electron chi connectivity index (χ0n) is 12.7. The zero-order valence-corrected chi connectivity index (χ0v) is 13.5. The SMILES string of the molecule is Cc1cc(SC(C)(C)C)cnc1N1CCN(C=O)CC1. The van der Waals surface area contributed by atoms with Gasteiger partial charge in [0, 0.05) is 42.0 Å². The van der Waals surface area contributed by atoms with E-state index in [1.807, 2.05) is 22.9 Å². The summed E-state index contributed by atoms with van der Waals surface area (Å²) in [5.74, 6) is 1.05. The lowest BCUT2D eigenvalue weighted by atomic mass is 10.2. The minimum absolute atomic E-state index is 0.200. The quantitative estimate of drug-likeness (QED) is 0.634. The van der Waals surface area contributed by atoms with E-state index in [0.717, 1.165) is 38.4 Å². The summed E-state index contributed by atoms with van der Waals surface area (Å²) in [6.07, 6.45) is 2.89. The van der Waals surface area contributed by atoms with Gasteiger partial charge in [0.2, 0.25) is 6.41 Å². The molecule has 110 valence electrons. The number of carbonyl (C=O) groups is 1. The first-order valence-electron chi connectivity index (χ1n) is 6.99. The van der Waals surface area contributed by atoms with Gasteiger partial charge in [-0.15, -0.1) is 11.8 Å². The number of aryl methyl sites for hydroxylation is 1. The first-order valence-corrected chi connectivity index (χ1v) is 7.80. The Bertz CT molecular complexity index is 476. The van der Waals surface area contributed by atoms with Gasteiger partial charge in [-0.25, -0.2) is 4.98 Å². The van der Waals surface area contributed by atoms with Gasteiger partial charge in [-0.05, 0) is 18.6 Å². The Morgan fingerprint density at radius 2 is 1.90 bits per heavy atom. The van der Waals surface area contributed by atoms with Gasteiger partial charge in [-0.1, -0.05) is 20.8 Å². The molecule has 0 saturated carbocycles. The highest BCUT2D eigenvalue weighted by Crippen LogP contribution is 2.33. The number of rotatable bonds is 3. The maximum Gasteiger partial charge on any atom is 0.209 e. The second kappa shape index (κ2) is 6.04. The minimum atomic E-state index is 0.200. The van der Waals surface area contributed by atoms with Crippen molar-refractivity contribution in [3.63, 3.8) is 0 Å². The molecular weight excluding hydrogens is 270 g/mol. The van der Waals surface area contributed by atoms with Gasteiger partial charge in [0.15, 0.2) is 0 Å². The van der Waals surface area contributed by atoms with Crippen LogP contribution in [0.4, 0.5) is 5.82 Å². The summed E-state index contributed by atoms with van der Waals surface area (Å²) in [5, 5.41) is 0. The van der Waals surface area contributed by atoms with E-state index >= 15 is 0 Å². The topological polar surface area (TPSA) is 36.4 Å². The number of hydrogen-bond donors (Lipinski definition) is 0. The molecule has 0 aliphatic carbocycles. The second-order valence-corrected chi connectivity index (χ2v) is 8.05. The molecule has 20 heavy (non-hydrogen) atoms. The lowest BCUT2D eigenvalue weighted by Crippen LogP contribution is -2.46. The molecule has 1 fully saturated rings. The third-order valence-corrected chi connectivity index (χ3v) is 4.28. The molecule has 2 heterocycles. The third kappa shape index (κ3) is 3.88. The fraction of sp³-hybridized carbons (Fsp3) is 0.600. The van der Waals surface area contributed by atoms with E-state index in [0.29, 0.717) is 0 Å². The molecule has 1 aromatic heterocycles. The van der Waals surface area contributed by atoms with Crippen molar-refractivity contribution in [2.24, 2.45) is 0 Å². The van der Waals surface area contributed by atoms with Gasteiger partial charge >= 0.3 is 0 Å². The second-order valence-electron chi connectivity index (χ2n) is 6.15. The van der Waals surface area contributed by atoms with Crippen molar-refractivity contribution < 1.29 is 4.79 Å². The molecular formula is C15H23N3OS. The largest absolute Gasteiger partial charge is 0.353 e. The van der Waals surface area contributed by atoms with Crippen LogP contribution in [-0.2, 0) is 4.79 Å². The van der Waals surface area contributed by atoms with Crippen molar-refractivity contribution in [3.05, 3.63) is 17.8 Å². The summed E-state index contributed by atoms with van der Waals surface area (Å²) >= 11 is 1.84. The van der Waals surface area contributed by atoms with Crippen LogP contribution in [0.5, 0.6) is 0 Å². The molecule has 1 saturated heterocycles. The number of thioether (sulfide) groups is 1. The number of amides is 1. The lowest BCUT2D eigenvalue weighted by molar-refractivity contribution is -0.118. The molecule has 2 rings (SSSR count). The summed E-state index contributed by atoms with van der Waals surface area (Å²) in [7, 11) is 0. The molecule has 1 aliphatic rings. The van der Waals surface area contributed by atoms with Gasteiger partial charge in [0.25, 0.3) is 0 Å². The Hall–Kier alpha value is -1.23. The number of pyridine rings is 1. The van der Waals surface area contributed by atoms with Crippen molar-refractivity contribution in [1.29, 1.82) is 0 Å². The number of carbonyl (C=O) groups excluding carboxylic acids is 1. The first-order chi connectivity index (χ1) is 9.39. The molecule has 0 bridgehead atoms. The molecule has 0 aromatic carbocycles. The smallest absolute Gasteiger partial charge is 0.209 e. The van der Waals surface area contributed by atoms with E-state index in [2.05, 4.69) is 43.6 Å². The summed E-state index contributed by atoms with van der Waals surface area (Å²) in [6.45, 7) is 12.0. The highest BCUT2D eigenvalue weighted by Gasteiger charge is 2.19. The average Bonchev–Trinajstić information content (AvgIpc) is 2.37. The fourth-order valence-electron chi connectivity index (χ4n) is 2.32. The summed E-state index contributed by atoms with van der Waals surface area (Å²) in [6, 6.07) is 2.21. The van der Waals surface area contributed by atoms with Crippen molar-refractivity contribution in [3.8, 4) is 0 Å². The maximum atomic E-state index is 10.7. The van der Waals surface area contributed by atoms with Gasteiger partial charge in [-0.3, -0.25) is 4.79 Å².